The van der Waals surface area contributed by atoms with Crippen molar-refractivity contribution in [2.75, 3.05) is 0 Å². The minimum atomic E-state index is -0.0139. The van der Waals surface area contributed by atoms with E-state index in [1.807, 2.05) is 0 Å². The van der Waals surface area contributed by atoms with Gasteiger partial charge in [0.25, 0.3) is 0 Å². The van der Waals surface area contributed by atoms with E-state index in [-0.39, 0.29) is 16.2 Å². The number of aromatic amines is 1. The van der Waals surface area contributed by atoms with Crippen LogP contribution in [0, 0.1) is 0 Å². The van der Waals surface area contributed by atoms with Crippen LogP contribution in [0.25, 0.3) is 55.2 Å². The summed E-state index contributed by atoms with van der Waals surface area (Å²) in [7, 11) is 4.44. The Morgan fingerprint density at radius 2 is 1.15 bits per heavy atom. The highest BCUT2D eigenvalue weighted by atomic mass is 15.0. The number of rotatable bonds is 2. The molecule has 3 aromatic carbocycles. The van der Waals surface area contributed by atoms with Crippen LogP contribution >= 0.6 is 0 Å². The second-order valence-electron chi connectivity index (χ2n) is 15.1. The Hall–Kier alpha value is -3.72. The molecule has 3 heteroatoms. The summed E-state index contributed by atoms with van der Waals surface area (Å²) in [6.07, 6.45) is 2.06. The first-order chi connectivity index (χ1) is 19.1. The maximum Gasteiger partial charge on any atom is 0.0521 e. The zero-order valence-electron chi connectivity index (χ0n) is 26.7. The summed E-state index contributed by atoms with van der Waals surface area (Å²) in [5, 5.41) is 3.90. The Morgan fingerprint density at radius 3 is 1.78 bits per heavy atom. The molecule has 3 heterocycles. The van der Waals surface area contributed by atoms with E-state index < -0.39 is 0 Å². The Bertz CT molecular complexity index is 1950. The van der Waals surface area contributed by atoms with E-state index in [9.17, 15) is 0 Å². The predicted molar refractivity (Wildman–Crippen MR) is 178 cm³/mol. The molecule has 0 saturated heterocycles. The van der Waals surface area contributed by atoms with E-state index in [2.05, 4.69) is 157 Å². The van der Waals surface area contributed by atoms with E-state index >= 15 is 0 Å². The number of H-pyrrole nitrogens is 1. The first kappa shape index (κ1) is 27.4. The van der Waals surface area contributed by atoms with Crippen LogP contribution in [0.1, 0.15) is 79.0 Å². The van der Waals surface area contributed by atoms with Crippen molar-refractivity contribution in [3.05, 3.63) is 83.6 Å². The highest BCUT2D eigenvalue weighted by Crippen LogP contribution is 2.42. The third-order valence-corrected chi connectivity index (χ3v) is 8.89. The zero-order chi connectivity index (χ0) is 29.6. The molecular weight excluding hydrogens is 498 g/mol. The van der Waals surface area contributed by atoms with E-state index in [1.165, 1.54) is 71.9 Å². The van der Waals surface area contributed by atoms with Crippen LogP contribution in [0.4, 0.5) is 0 Å². The Labute approximate surface area is 245 Å². The van der Waals surface area contributed by atoms with Crippen molar-refractivity contribution in [3.63, 3.8) is 0 Å². The van der Waals surface area contributed by atoms with Gasteiger partial charge >= 0.3 is 0 Å². The summed E-state index contributed by atoms with van der Waals surface area (Å²) >= 11 is 0. The molecule has 212 valence electrons. The second kappa shape index (κ2) is 8.89. The molecule has 6 rings (SSSR count). The van der Waals surface area contributed by atoms with Crippen LogP contribution in [-0.4, -0.2) is 14.1 Å². The average molecular weight is 544 g/mol. The second-order valence-corrected chi connectivity index (χ2v) is 15.1. The molecule has 0 atom stereocenters. The Kier molecular flexibility index (Phi) is 5.95. The number of benzene rings is 3. The van der Waals surface area contributed by atoms with Crippen LogP contribution in [0.5, 0.6) is 0 Å². The smallest absolute Gasteiger partial charge is 0.0521 e. The fourth-order valence-electron chi connectivity index (χ4n) is 6.71. The zero-order valence-corrected chi connectivity index (χ0v) is 26.7. The van der Waals surface area contributed by atoms with Gasteiger partial charge < -0.3 is 14.1 Å². The van der Waals surface area contributed by atoms with E-state index in [1.54, 1.807) is 0 Å². The van der Waals surface area contributed by atoms with Crippen molar-refractivity contribution in [1.82, 2.24) is 14.1 Å². The van der Waals surface area contributed by atoms with Gasteiger partial charge in [-0.15, -0.1) is 0 Å². The number of aromatic nitrogens is 3. The minimum absolute atomic E-state index is 0.0139. The third-order valence-electron chi connectivity index (χ3n) is 8.89. The molecule has 6 aromatic rings. The highest BCUT2D eigenvalue weighted by molar-refractivity contribution is 5.97. The fraction of sp³-hybridized carbons (Fsp3) is 0.368. The lowest BCUT2D eigenvalue weighted by atomic mass is 9.84. The lowest BCUT2D eigenvalue weighted by Gasteiger charge is -2.23. The summed E-state index contributed by atoms with van der Waals surface area (Å²) in [5.74, 6) is 0. The number of nitrogens with zero attached hydrogens (tertiary/aromatic N) is 2. The average Bonchev–Trinajstić information content (AvgIpc) is 3.56. The van der Waals surface area contributed by atoms with Crippen LogP contribution in [0.3, 0.4) is 0 Å². The fourth-order valence-corrected chi connectivity index (χ4v) is 6.71. The lowest BCUT2D eigenvalue weighted by molar-refractivity contribution is 0.593. The molecule has 0 unspecified atom stereocenters. The van der Waals surface area contributed by atoms with Gasteiger partial charge in [0, 0.05) is 58.9 Å². The summed E-state index contributed by atoms with van der Waals surface area (Å²) in [6, 6.07) is 23.3. The van der Waals surface area contributed by atoms with Crippen LogP contribution in [-0.2, 0) is 30.3 Å². The lowest BCUT2D eigenvalue weighted by Crippen LogP contribution is -2.14. The first-order valence-corrected chi connectivity index (χ1v) is 14.9. The van der Waals surface area contributed by atoms with E-state index in [4.69, 9.17) is 0 Å². The van der Waals surface area contributed by atoms with Gasteiger partial charge in [0.05, 0.1) is 5.52 Å². The van der Waals surface area contributed by atoms with Crippen molar-refractivity contribution in [3.8, 4) is 22.5 Å². The van der Waals surface area contributed by atoms with Crippen molar-refractivity contribution in [2.24, 2.45) is 14.1 Å². The summed E-state index contributed by atoms with van der Waals surface area (Å²) < 4.78 is 4.79. The molecule has 0 bridgehead atoms. The molecule has 1 N–H and O–H groups in total. The monoisotopic (exact) mass is 543 g/mol. The Balaban J connectivity index is 1.62. The standard InChI is InChI=1S/C38H45N3/c1-36(2,3)28-13-12-14-31-27(28)22-33(40(31)10)25-18-26-21-32(41(11)35(26)30(20-25)38(7,8)9)24-17-23-15-16-39-34(23)29(19-24)37(4,5)6/h12-22,39H,1-11H3. The summed E-state index contributed by atoms with van der Waals surface area (Å²) in [4.78, 5) is 3.49. The first-order valence-electron chi connectivity index (χ1n) is 14.9. The molecular formula is C38H45N3. The molecule has 0 aliphatic heterocycles. The molecule has 0 fully saturated rings. The minimum Gasteiger partial charge on any atom is -0.361 e. The number of aryl methyl sites for hydroxylation is 2. The maximum atomic E-state index is 3.49. The predicted octanol–water partition coefficient (Wildman–Crippen LogP) is 10.4. The molecule has 0 saturated carbocycles. The van der Waals surface area contributed by atoms with E-state index in [0.717, 1.165) is 0 Å². The summed E-state index contributed by atoms with van der Waals surface area (Å²) in [6.45, 7) is 20.8. The molecule has 0 radical (unpaired) electrons. The van der Waals surface area contributed by atoms with E-state index in [0.29, 0.717) is 0 Å². The molecule has 0 aliphatic rings. The van der Waals surface area contributed by atoms with Crippen LogP contribution < -0.4 is 0 Å². The van der Waals surface area contributed by atoms with Crippen molar-refractivity contribution >= 4 is 32.7 Å². The highest BCUT2D eigenvalue weighted by Gasteiger charge is 2.25. The van der Waals surface area contributed by atoms with Gasteiger partial charge in [-0.3, -0.25) is 0 Å². The Morgan fingerprint density at radius 1 is 0.561 bits per heavy atom. The van der Waals surface area contributed by atoms with Crippen molar-refractivity contribution in [2.45, 2.75) is 78.6 Å². The molecule has 41 heavy (non-hydrogen) atoms. The molecule has 3 aromatic heterocycles. The van der Waals surface area contributed by atoms with Gasteiger partial charge in [0.2, 0.25) is 0 Å². The van der Waals surface area contributed by atoms with Crippen molar-refractivity contribution in [1.29, 1.82) is 0 Å². The molecule has 0 amide bonds. The van der Waals surface area contributed by atoms with Crippen molar-refractivity contribution < 1.29 is 0 Å². The number of hydrogen-bond donors (Lipinski definition) is 1. The summed E-state index contributed by atoms with van der Waals surface area (Å²) in [5.41, 5.74) is 13.1. The van der Waals surface area contributed by atoms with Gasteiger partial charge in [-0.1, -0.05) is 74.4 Å². The SMILES string of the molecule is Cn1c(-c2cc(C(C)(C)C)c3c(c2)cc(-c2cc(C(C)(C)C)c4[nH]ccc4c2)n3C)cc2c(C(C)(C)C)cccc21. The van der Waals surface area contributed by atoms with Crippen LogP contribution in [0.2, 0.25) is 0 Å². The van der Waals surface area contributed by atoms with Gasteiger partial charge in [-0.05, 0) is 92.6 Å². The topological polar surface area (TPSA) is 25.6 Å². The number of nitrogens with one attached hydrogen (secondary N) is 1. The number of fused-ring (bicyclic) bond motifs is 3. The molecule has 0 aliphatic carbocycles. The van der Waals surface area contributed by atoms with Gasteiger partial charge in [0.15, 0.2) is 0 Å². The van der Waals surface area contributed by atoms with Crippen LogP contribution in [0.15, 0.2) is 66.9 Å². The van der Waals surface area contributed by atoms with Gasteiger partial charge in [-0.2, -0.15) is 0 Å². The normalized spacial score (nSPS) is 13.2. The van der Waals surface area contributed by atoms with Gasteiger partial charge in [-0.25, -0.2) is 0 Å². The third kappa shape index (κ3) is 4.41. The number of hydrogen-bond acceptors (Lipinski definition) is 0. The largest absolute Gasteiger partial charge is 0.361 e. The quantitative estimate of drug-likeness (QED) is 0.225. The van der Waals surface area contributed by atoms with Gasteiger partial charge in [0.1, 0.15) is 0 Å². The molecule has 0 spiro atoms. The molecule has 3 nitrogen and oxygen atoms in total. The maximum absolute atomic E-state index is 3.49.